The van der Waals surface area contributed by atoms with Crippen molar-refractivity contribution in [2.45, 2.75) is 57.6 Å². The van der Waals surface area contributed by atoms with Gasteiger partial charge in [-0.05, 0) is 47.5 Å². The lowest BCUT2D eigenvalue weighted by atomic mass is 10.1. The van der Waals surface area contributed by atoms with E-state index in [9.17, 15) is 0 Å². The van der Waals surface area contributed by atoms with Crippen molar-refractivity contribution < 1.29 is 9.16 Å². The second-order valence-electron chi connectivity index (χ2n) is 8.44. The molecule has 1 aliphatic heterocycles. The summed E-state index contributed by atoms with van der Waals surface area (Å²) in [5.41, 5.74) is 0. The number of ether oxygens (including phenoxy) is 1. The Morgan fingerprint density at radius 3 is 2.07 bits per heavy atom. The first-order valence-corrected chi connectivity index (χ1v) is 12.1. The third-order valence-electron chi connectivity index (χ3n) is 5.48. The summed E-state index contributed by atoms with van der Waals surface area (Å²) in [4.78, 5) is 0. The Labute approximate surface area is 166 Å². The highest BCUT2D eigenvalue weighted by molar-refractivity contribution is 6.99. The van der Waals surface area contributed by atoms with Gasteiger partial charge in [-0.2, -0.15) is 0 Å². The lowest BCUT2D eigenvalue weighted by Crippen LogP contribution is -2.66. The van der Waals surface area contributed by atoms with Crippen molar-refractivity contribution in [3.05, 3.63) is 67.1 Å². The molecule has 3 heteroatoms. The molecule has 1 saturated heterocycles. The second-order valence-corrected chi connectivity index (χ2v) is 12.7. The van der Waals surface area contributed by atoms with Crippen LogP contribution in [0, 0.1) is 6.42 Å². The van der Waals surface area contributed by atoms with Crippen LogP contribution in [0.15, 0.2) is 60.7 Å². The van der Waals surface area contributed by atoms with E-state index in [0.717, 1.165) is 26.1 Å². The maximum absolute atomic E-state index is 6.91. The first-order chi connectivity index (χ1) is 13.0. The van der Waals surface area contributed by atoms with Gasteiger partial charge in [-0.15, -0.1) is 0 Å². The van der Waals surface area contributed by atoms with Crippen LogP contribution in [-0.4, -0.2) is 27.6 Å². The van der Waals surface area contributed by atoms with Crippen molar-refractivity contribution in [1.82, 2.24) is 0 Å². The number of rotatable bonds is 8. The van der Waals surface area contributed by atoms with Gasteiger partial charge in [0.15, 0.2) is 0 Å². The van der Waals surface area contributed by atoms with Gasteiger partial charge >= 0.3 is 0 Å². The van der Waals surface area contributed by atoms with E-state index in [0.29, 0.717) is 6.10 Å². The standard InChI is InChI=1S/C24H33O2Si/c1-24(2,3)27(22-15-6-4-7-16-22,23-17-8-5-9-18-23)26-20-11-10-13-21-14-12-19-25-21/h4-9,13,15-18,21H,10-12,14,19-20H2,1-3H3/t21-/m1/s1. The second kappa shape index (κ2) is 9.18. The molecule has 0 bridgehead atoms. The molecule has 3 rings (SSSR count). The molecule has 2 aromatic rings. The summed E-state index contributed by atoms with van der Waals surface area (Å²) in [5, 5.41) is 2.76. The fourth-order valence-corrected chi connectivity index (χ4v) is 8.77. The van der Waals surface area contributed by atoms with E-state index < -0.39 is 8.32 Å². The average Bonchev–Trinajstić information content (AvgIpc) is 3.19. The van der Waals surface area contributed by atoms with Gasteiger partial charge in [0.1, 0.15) is 0 Å². The van der Waals surface area contributed by atoms with E-state index in [1.54, 1.807) is 0 Å². The molecular formula is C24H33O2Si. The molecule has 2 aromatic carbocycles. The Bertz CT molecular complexity index is 633. The minimum absolute atomic E-state index is 0.0496. The van der Waals surface area contributed by atoms with Crippen molar-refractivity contribution >= 4 is 18.7 Å². The predicted molar refractivity (Wildman–Crippen MR) is 116 cm³/mol. The highest BCUT2D eigenvalue weighted by Gasteiger charge is 2.49. The normalized spacial score (nSPS) is 18.0. The summed E-state index contributed by atoms with van der Waals surface area (Å²) < 4.78 is 12.6. The largest absolute Gasteiger partial charge is 0.407 e. The Morgan fingerprint density at radius 2 is 1.59 bits per heavy atom. The van der Waals surface area contributed by atoms with Gasteiger partial charge < -0.3 is 9.16 Å². The monoisotopic (exact) mass is 381 g/mol. The summed E-state index contributed by atoms with van der Waals surface area (Å²) in [6, 6.07) is 21.7. The van der Waals surface area contributed by atoms with Crippen LogP contribution in [0.4, 0.5) is 0 Å². The van der Waals surface area contributed by atoms with Crippen LogP contribution in [0.5, 0.6) is 0 Å². The van der Waals surface area contributed by atoms with E-state index in [2.05, 4.69) is 87.9 Å². The first-order valence-electron chi connectivity index (χ1n) is 10.2. The molecule has 1 radical (unpaired) electrons. The zero-order valence-corrected chi connectivity index (χ0v) is 18.0. The Morgan fingerprint density at radius 1 is 1.00 bits per heavy atom. The Hall–Kier alpha value is -1.42. The van der Waals surface area contributed by atoms with Gasteiger partial charge in [0.25, 0.3) is 8.32 Å². The number of unbranched alkanes of at least 4 members (excludes halogenated alkanes) is 1. The van der Waals surface area contributed by atoms with Gasteiger partial charge in [0.05, 0.1) is 6.10 Å². The maximum Gasteiger partial charge on any atom is 0.261 e. The van der Waals surface area contributed by atoms with Gasteiger partial charge in [-0.3, -0.25) is 0 Å². The van der Waals surface area contributed by atoms with Crippen LogP contribution in [0.25, 0.3) is 0 Å². The SMILES string of the molecule is CC(C)(C)[Si](OCCC[CH][C@@H]1CCCO1)(c1ccccc1)c1ccccc1. The molecule has 2 nitrogen and oxygen atoms in total. The van der Waals surface area contributed by atoms with Crippen molar-refractivity contribution in [2.75, 3.05) is 13.2 Å². The van der Waals surface area contributed by atoms with Crippen molar-refractivity contribution in [2.24, 2.45) is 0 Å². The van der Waals surface area contributed by atoms with E-state index in [1.165, 1.54) is 23.2 Å². The molecule has 0 N–H and O–H groups in total. The van der Waals surface area contributed by atoms with Crippen LogP contribution >= 0.6 is 0 Å². The highest BCUT2D eigenvalue weighted by Crippen LogP contribution is 2.36. The minimum atomic E-state index is -2.38. The average molecular weight is 382 g/mol. The Kier molecular flexibility index (Phi) is 6.91. The Balaban J connectivity index is 1.78. The first kappa shape index (κ1) is 20.3. The van der Waals surface area contributed by atoms with Crippen LogP contribution in [0.3, 0.4) is 0 Å². The summed E-state index contributed by atoms with van der Waals surface area (Å²) in [5.74, 6) is 0. The molecular weight excluding hydrogens is 348 g/mol. The zero-order valence-electron chi connectivity index (χ0n) is 17.0. The summed E-state index contributed by atoms with van der Waals surface area (Å²) in [6.45, 7) is 8.70. The van der Waals surface area contributed by atoms with Gasteiger partial charge in [0, 0.05) is 13.2 Å². The summed E-state index contributed by atoms with van der Waals surface area (Å²) in [7, 11) is -2.38. The fraction of sp³-hybridized carbons (Fsp3) is 0.458. The highest BCUT2D eigenvalue weighted by atomic mass is 28.4. The van der Waals surface area contributed by atoms with Crippen molar-refractivity contribution in [3.8, 4) is 0 Å². The van der Waals surface area contributed by atoms with Crippen LogP contribution < -0.4 is 10.4 Å². The fourth-order valence-electron chi connectivity index (χ4n) is 4.16. The quantitative estimate of drug-likeness (QED) is 0.486. The molecule has 0 unspecified atom stereocenters. The van der Waals surface area contributed by atoms with Crippen molar-refractivity contribution in [1.29, 1.82) is 0 Å². The third-order valence-corrected chi connectivity index (χ3v) is 10.5. The van der Waals surface area contributed by atoms with Gasteiger partial charge in [-0.25, -0.2) is 0 Å². The molecule has 0 aliphatic carbocycles. The van der Waals surface area contributed by atoms with E-state index in [-0.39, 0.29) is 5.04 Å². The summed E-state index contributed by atoms with van der Waals surface area (Å²) in [6.07, 6.45) is 7.17. The van der Waals surface area contributed by atoms with Gasteiger partial charge in [-0.1, -0.05) is 81.4 Å². The smallest absolute Gasteiger partial charge is 0.261 e. The number of benzene rings is 2. The van der Waals surface area contributed by atoms with Crippen LogP contribution in [0.2, 0.25) is 5.04 Å². The van der Waals surface area contributed by atoms with Gasteiger partial charge in [0.2, 0.25) is 0 Å². The van der Waals surface area contributed by atoms with E-state index >= 15 is 0 Å². The summed E-state index contributed by atoms with van der Waals surface area (Å²) >= 11 is 0. The molecule has 1 heterocycles. The zero-order chi connectivity index (χ0) is 19.2. The molecule has 0 aromatic heterocycles. The molecule has 145 valence electrons. The topological polar surface area (TPSA) is 18.5 Å². The van der Waals surface area contributed by atoms with E-state index in [4.69, 9.17) is 9.16 Å². The molecule has 0 spiro atoms. The van der Waals surface area contributed by atoms with Crippen LogP contribution in [0.1, 0.15) is 46.5 Å². The molecule has 1 aliphatic rings. The molecule has 1 atom stereocenters. The third kappa shape index (κ3) is 4.71. The van der Waals surface area contributed by atoms with Crippen LogP contribution in [-0.2, 0) is 9.16 Å². The predicted octanol–water partition coefficient (Wildman–Crippen LogP) is 4.73. The molecule has 0 amide bonds. The van der Waals surface area contributed by atoms with Crippen molar-refractivity contribution in [3.63, 3.8) is 0 Å². The lowest BCUT2D eigenvalue weighted by Gasteiger charge is -2.43. The molecule has 1 fully saturated rings. The lowest BCUT2D eigenvalue weighted by molar-refractivity contribution is 0.130. The number of hydrogen-bond donors (Lipinski definition) is 0. The maximum atomic E-state index is 6.91. The molecule has 0 saturated carbocycles. The number of hydrogen-bond acceptors (Lipinski definition) is 2. The molecule has 27 heavy (non-hydrogen) atoms. The van der Waals surface area contributed by atoms with E-state index in [1.807, 2.05) is 0 Å². The minimum Gasteiger partial charge on any atom is -0.407 e.